The number of rotatable bonds is 4. The molecule has 0 saturated carbocycles. The van der Waals surface area contributed by atoms with Crippen LogP contribution in [0.2, 0.25) is 0 Å². The van der Waals surface area contributed by atoms with E-state index in [2.05, 4.69) is 5.32 Å². The average Bonchev–Trinajstić information content (AvgIpc) is 2.76. The Morgan fingerprint density at radius 2 is 1.56 bits per heavy atom. The Morgan fingerprint density at radius 3 is 2.04 bits per heavy atom. The third-order valence-electron chi connectivity index (χ3n) is 3.90. The van der Waals surface area contributed by atoms with Crippen LogP contribution in [0.3, 0.4) is 0 Å². The molecule has 0 saturated heterocycles. The zero-order valence-corrected chi connectivity index (χ0v) is 15.3. The van der Waals surface area contributed by atoms with Crippen LogP contribution < -0.4 is 5.32 Å². The number of carbonyl (C=O) groups is 3. The lowest BCUT2D eigenvalue weighted by Gasteiger charge is -2.20. The third-order valence-corrected chi connectivity index (χ3v) is 3.90. The van der Waals surface area contributed by atoms with Gasteiger partial charge in [-0.25, -0.2) is 4.79 Å². The van der Waals surface area contributed by atoms with Crippen molar-refractivity contribution in [2.24, 2.45) is 0 Å². The van der Waals surface area contributed by atoms with E-state index >= 15 is 0 Å². The number of nitrogens with zero attached hydrogens (tertiary/aromatic N) is 1. The van der Waals surface area contributed by atoms with Crippen molar-refractivity contribution < 1.29 is 19.1 Å². The summed E-state index contributed by atoms with van der Waals surface area (Å²) in [5, 5.41) is 2.71. The van der Waals surface area contributed by atoms with Gasteiger partial charge in [0.1, 0.15) is 6.61 Å². The van der Waals surface area contributed by atoms with E-state index in [0.717, 1.165) is 11.1 Å². The molecule has 1 aliphatic rings. The molecule has 134 valence electrons. The molecule has 1 N–H and O–H groups in total. The Hall–Kier alpha value is -2.63. The largest absolute Gasteiger partial charge is 0.445 e. The first kappa shape index (κ1) is 18.7. The predicted molar refractivity (Wildman–Crippen MR) is 94.4 cm³/mol. The van der Waals surface area contributed by atoms with Gasteiger partial charge in [0, 0.05) is 5.54 Å². The van der Waals surface area contributed by atoms with Gasteiger partial charge in [0.05, 0.1) is 17.7 Å². The number of fused-ring (bicyclic) bond motifs is 1. The van der Waals surface area contributed by atoms with E-state index in [9.17, 15) is 14.4 Å². The molecule has 0 radical (unpaired) electrons. The van der Waals surface area contributed by atoms with Gasteiger partial charge in [-0.1, -0.05) is 17.7 Å². The fraction of sp³-hybridized carbons (Fsp3) is 0.421. The Balaban J connectivity index is 2.00. The first-order chi connectivity index (χ1) is 11.6. The van der Waals surface area contributed by atoms with Gasteiger partial charge in [-0.2, -0.15) is 0 Å². The molecule has 0 fully saturated rings. The van der Waals surface area contributed by atoms with Crippen molar-refractivity contribution in [1.82, 2.24) is 10.2 Å². The Bertz CT molecular complexity index is 709. The minimum atomic E-state index is -0.500. The molecule has 0 unspecified atom stereocenters. The first-order valence-electron chi connectivity index (χ1n) is 8.15. The van der Waals surface area contributed by atoms with Gasteiger partial charge in [-0.05, 0) is 52.3 Å². The number of hydrogen-bond donors (Lipinski definition) is 1. The summed E-state index contributed by atoms with van der Waals surface area (Å²) in [6.45, 7) is 9.53. The number of nitrogens with one attached hydrogen (secondary N) is 1. The molecular weight excluding hydrogens is 320 g/mol. The summed E-state index contributed by atoms with van der Waals surface area (Å²) in [5.74, 6) is -0.585. The predicted octanol–water partition coefficient (Wildman–Crippen LogP) is 3.14. The van der Waals surface area contributed by atoms with E-state index in [0.29, 0.717) is 11.1 Å². The van der Waals surface area contributed by atoms with E-state index in [1.165, 1.54) is 4.90 Å². The highest BCUT2D eigenvalue weighted by Crippen LogP contribution is 2.23. The van der Waals surface area contributed by atoms with E-state index < -0.39 is 6.09 Å². The van der Waals surface area contributed by atoms with Gasteiger partial charge in [0.25, 0.3) is 11.8 Å². The molecule has 0 atom stereocenters. The summed E-state index contributed by atoms with van der Waals surface area (Å²) < 4.78 is 5.18. The monoisotopic (exact) mass is 344 g/mol. The van der Waals surface area contributed by atoms with E-state index in [1.54, 1.807) is 24.3 Å². The normalized spacial score (nSPS) is 15.0. The van der Waals surface area contributed by atoms with Crippen LogP contribution in [-0.2, 0) is 4.74 Å². The first-order valence-corrected chi connectivity index (χ1v) is 8.15. The van der Waals surface area contributed by atoms with Crippen LogP contribution in [0.5, 0.6) is 0 Å². The topological polar surface area (TPSA) is 75.7 Å². The zero-order chi connectivity index (χ0) is 18.8. The number of hydrogen-bond acceptors (Lipinski definition) is 4. The molecule has 1 heterocycles. The highest BCUT2D eigenvalue weighted by atomic mass is 16.5. The lowest BCUT2D eigenvalue weighted by Crippen LogP contribution is -2.41. The second-order valence-corrected chi connectivity index (χ2v) is 7.25. The Kier molecular flexibility index (Phi) is 5.30. The molecule has 1 aromatic carbocycles. The number of benzene rings is 1. The summed E-state index contributed by atoms with van der Waals surface area (Å²) >= 11 is 0. The fourth-order valence-corrected chi connectivity index (χ4v) is 2.39. The molecule has 0 spiro atoms. The minimum Gasteiger partial charge on any atom is -0.445 e. The van der Waals surface area contributed by atoms with Gasteiger partial charge < -0.3 is 10.1 Å². The fourth-order valence-electron chi connectivity index (χ4n) is 2.39. The van der Waals surface area contributed by atoms with Gasteiger partial charge in [-0.3, -0.25) is 14.5 Å². The molecule has 3 amide bonds. The van der Waals surface area contributed by atoms with Crippen LogP contribution in [0.1, 0.15) is 55.3 Å². The quantitative estimate of drug-likeness (QED) is 0.672. The third kappa shape index (κ3) is 4.47. The summed E-state index contributed by atoms with van der Waals surface area (Å²) in [6, 6.07) is 6.79. The van der Waals surface area contributed by atoms with Gasteiger partial charge in [0.15, 0.2) is 0 Å². The van der Waals surface area contributed by atoms with Crippen molar-refractivity contribution in [2.75, 3.05) is 13.2 Å². The second kappa shape index (κ2) is 7.09. The smallest absolute Gasteiger partial charge is 0.407 e. The maximum absolute atomic E-state index is 12.4. The average molecular weight is 344 g/mol. The zero-order valence-electron chi connectivity index (χ0n) is 15.3. The van der Waals surface area contributed by atoms with Crippen LogP contribution in [-0.4, -0.2) is 41.5 Å². The van der Waals surface area contributed by atoms with Crippen LogP contribution in [0.25, 0.3) is 0 Å². The molecule has 0 bridgehead atoms. The number of carbonyl (C=O) groups excluding carboxylic acids is 3. The Morgan fingerprint density at radius 1 is 1.04 bits per heavy atom. The van der Waals surface area contributed by atoms with Crippen molar-refractivity contribution in [1.29, 1.82) is 0 Å². The van der Waals surface area contributed by atoms with E-state index in [1.807, 2.05) is 34.6 Å². The van der Waals surface area contributed by atoms with Crippen molar-refractivity contribution >= 4 is 17.9 Å². The molecule has 6 heteroatoms. The lowest BCUT2D eigenvalue weighted by molar-refractivity contribution is 0.0666. The molecule has 0 aliphatic carbocycles. The van der Waals surface area contributed by atoms with E-state index in [-0.39, 0.29) is 30.5 Å². The van der Waals surface area contributed by atoms with Gasteiger partial charge in [-0.15, -0.1) is 0 Å². The summed E-state index contributed by atoms with van der Waals surface area (Å²) in [7, 11) is 0. The van der Waals surface area contributed by atoms with E-state index in [4.69, 9.17) is 4.74 Å². The molecular formula is C19H24N2O4. The van der Waals surface area contributed by atoms with Crippen LogP contribution in [0.15, 0.2) is 35.4 Å². The van der Waals surface area contributed by atoms with Crippen molar-refractivity contribution in [3.05, 3.63) is 46.5 Å². The molecule has 1 aromatic rings. The highest BCUT2D eigenvalue weighted by Gasteiger charge is 2.35. The minimum absolute atomic E-state index is 0.108. The van der Waals surface area contributed by atoms with Crippen LogP contribution in [0, 0.1) is 0 Å². The second-order valence-electron chi connectivity index (χ2n) is 7.25. The molecule has 6 nitrogen and oxygen atoms in total. The summed E-state index contributed by atoms with van der Waals surface area (Å²) in [5.41, 5.74) is 2.11. The molecule has 25 heavy (non-hydrogen) atoms. The lowest BCUT2D eigenvalue weighted by atomic mass is 10.1. The highest BCUT2D eigenvalue weighted by molar-refractivity contribution is 6.21. The number of alkyl carbamates (subject to hydrolysis) is 1. The number of amides is 3. The number of ether oxygens (including phenoxy) is 1. The molecule has 1 aliphatic heterocycles. The number of imide groups is 1. The standard InChI is InChI=1S/C19H24N2O4/c1-12(13(2)11-25-18(24)20-19(3,4)5)10-21-16(22)14-8-6-7-9-15(14)17(21)23/h6-9H,10-11H2,1-5H3,(H,20,24)/b13-12+. The molecule has 2 rings (SSSR count). The van der Waals surface area contributed by atoms with Crippen molar-refractivity contribution in [3.8, 4) is 0 Å². The van der Waals surface area contributed by atoms with Gasteiger partial charge >= 0.3 is 6.09 Å². The maximum atomic E-state index is 12.4. The SMILES string of the molecule is C/C(COC(=O)NC(C)(C)C)=C(/C)CN1C(=O)c2ccccc2C1=O. The molecule has 0 aromatic heterocycles. The van der Waals surface area contributed by atoms with Crippen molar-refractivity contribution in [2.45, 2.75) is 40.2 Å². The van der Waals surface area contributed by atoms with Crippen LogP contribution in [0.4, 0.5) is 4.79 Å². The summed E-state index contributed by atoms with van der Waals surface area (Å²) in [4.78, 5) is 37.7. The van der Waals surface area contributed by atoms with Gasteiger partial charge in [0.2, 0.25) is 0 Å². The van der Waals surface area contributed by atoms with Crippen LogP contribution >= 0.6 is 0 Å². The Labute approximate surface area is 147 Å². The summed E-state index contributed by atoms with van der Waals surface area (Å²) in [6.07, 6.45) is -0.500. The van der Waals surface area contributed by atoms with Crippen molar-refractivity contribution in [3.63, 3.8) is 0 Å². The maximum Gasteiger partial charge on any atom is 0.407 e.